The van der Waals surface area contributed by atoms with Gasteiger partial charge < -0.3 is 15.9 Å². The van der Waals surface area contributed by atoms with Crippen molar-refractivity contribution < 1.29 is 51.6 Å². The van der Waals surface area contributed by atoms with Gasteiger partial charge in [-0.1, -0.05) is 0 Å². The number of halogens is 5. The van der Waals surface area contributed by atoms with Crippen LogP contribution in [-0.4, -0.2) is 32.0 Å². The minimum Gasteiger partial charge on any atom is -0.478 e. The van der Waals surface area contributed by atoms with Crippen molar-refractivity contribution in [2.24, 2.45) is 0 Å². The summed E-state index contributed by atoms with van der Waals surface area (Å²) in [6.07, 6.45) is 0. The van der Waals surface area contributed by atoms with Crippen molar-refractivity contribution in [3.8, 4) is 0 Å². The van der Waals surface area contributed by atoms with Crippen molar-refractivity contribution in [2.75, 3.05) is 5.73 Å². The average molecular weight is 439 g/mol. The Kier molecular flexibility index (Phi) is 6.91. The Balaban J connectivity index is 0.000000300. The fourth-order valence-corrected chi connectivity index (χ4v) is 1.81. The molecular weight excluding hydrogens is 433 g/mol. The molecule has 0 saturated carbocycles. The molecular formula is C14H6F5N3O8. The third-order valence-electron chi connectivity index (χ3n) is 3.20. The Hall–Kier alpha value is -4.37. The van der Waals surface area contributed by atoms with Gasteiger partial charge in [0.1, 0.15) is 16.8 Å². The van der Waals surface area contributed by atoms with Crippen LogP contribution >= 0.6 is 0 Å². The first-order valence-electron chi connectivity index (χ1n) is 6.92. The van der Waals surface area contributed by atoms with E-state index in [9.17, 15) is 51.8 Å². The second kappa shape index (κ2) is 8.76. The molecule has 0 bridgehead atoms. The van der Waals surface area contributed by atoms with Gasteiger partial charge in [-0.3, -0.25) is 20.2 Å². The third kappa shape index (κ3) is 4.54. The van der Waals surface area contributed by atoms with Gasteiger partial charge in [0.2, 0.25) is 11.6 Å². The number of nitrogens with zero attached hydrogens (tertiary/aromatic N) is 2. The lowest BCUT2D eigenvalue weighted by Crippen LogP contribution is -2.08. The zero-order valence-electron chi connectivity index (χ0n) is 13.9. The fraction of sp³-hybridized carbons (Fsp3) is 0. The van der Waals surface area contributed by atoms with Crippen molar-refractivity contribution in [2.45, 2.75) is 0 Å². The van der Waals surface area contributed by atoms with Crippen LogP contribution in [0.5, 0.6) is 0 Å². The normalized spacial score (nSPS) is 10.0. The summed E-state index contributed by atoms with van der Waals surface area (Å²) in [5.41, 5.74) is -0.949. The van der Waals surface area contributed by atoms with Crippen LogP contribution in [0.4, 0.5) is 39.0 Å². The van der Waals surface area contributed by atoms with Crippen LogP contribution in [0.15, 0.2) is 12.1 Å². The molecule has 0 aromatic heterocycles. The van der Waals surface area contributed by atoms with Gasteiger partial charge in [-0.25, -0.2) is 27.2 Å². The summed E-state index contributed by atoms with van der Waals surface area (Å²) in [7, 11) is 0. The number of nitro benzene ring substituents is 2. The Labute approximate surface area is 160 Å². The number of aromatic carboxylic acids is 2. The number of rotatable bonds is 4. The van der Waals surface area contributed by atoms with E-state index in [2.05, 4.69) is 0 Å². The highest BCUT2D eigenvalue weighted by atomic mass is 19.2. The van der Waals surface area contributed by atoms with Crippen molar-refractivity contribution >= 4 is 29.0 Å². The highest BCUT2D eigenvalue weighted by molar-refractivity contribution is 5.90. The molecule has 11 nitrogen and oxygen atoms in total. The van der Waals surface area contributed by atoms with E-state index in [1.54, 1.807) is 0 Å². The average Bonchev–Trinajstić information content (AvgIpc) is 2.63. The maximum Gasteiger partial charge on any atom is 0.339 e. The van der Waals surface area contributed by atoms with E-state index in [0.29, 0.717) is 6.07 Å². The molecule has 0 saturated heterocycles. The number of carbonyl (C=O) groups is 2. The molecule has 0 aliphatic rings. The Morgan fingerprint density at radius 2 is 1.10 bits per heavy atom. The van der Waals surface area contributed by atoms with E-state index in [1.807, 2.05) is 0 Å². The van der Waals surface area contributed by atoms with Gasteiger partial charge in [0.15, 0.2) is 17.5 Å². The Bertz CT molecular complexity index is 930. The van der Waals surface area contributed by atoms with Crippen LogP contribution in [0, 0.1) is 49.3 Å². The summed E-state index contributed by atoms with van der Waals surface area (Å²) >= 11 is 0. The molecule has 0 unspecified atom stereocenters. The van der Waals surface area contributed by atoms with Crippen molar-refractivity contribution in [1.29, 1.82) is 0 Å². The summed E-state index contributed by atoms with van der Waals surface area (Å²) in [4.78, 5) is 38.7. The van der Waals surface area contributed by atoms with Crippen molar-refractivity contribution in [3.05, 3.63) is 72.6 Å². The Morgan fingerprint density at radius 3 is 1.47 bits per heavy atom. The van der Waals surface area contributed by atoms with Crippen molar-refractivity contribution in [1.82, 2.24) is 0 Å². The predicted octanol–water partition coefficient (Wildman–Crippen LogP) is 2.86. The summed E-state index contributed by atoms with van der Waals surface area (Å²) in [5.74, 6) is -13.4. The maximum atomic E-state index is 12.9. The van der Waals surface area contributed by atoms with E-state index >= 15 is 0 Å². The molecule has 30 heavy (non-hydrogen) atoms. The second-order valence-corrected chi connectivity index (χ2v) is 4.99. The summed E-state index contributed by atoms with van der Waals surface area (Å²) in [6.45, 7) is 0. The lowest BCUT2D eigenvalue weighted by molar-refractivity contribution is -0.387. The standard InChI is InChI=1S/C7H2F3NO4.C7H4F2N2O4/c8-4-2(7(12)13)1-3(11(14)15)5(9)6(4)10;8-4-2(7(12)13)1-3(11(14)15)6(10)5(4)9/h1H,(H,12,13);1H,10H2,(H,12,13). The SMILES string of the molecule is Nc1c([N+](=O)[O-])cc(C(=O)O)c(F)c1F.O=C(O)c1cc([N+](=O)[O-])c(F)c(F)c1F. The van der Waals surface area contributed by atoms with Gasteiger partial charge >= 0.3 is 17.6 Å². The number of anilines is 1. The number of carboxylic acids is 2. The Morgan fingerprint density at radius 1 is 0.733 bits per heavy atom. The summed E-state index contributed by atoms with van der Waals surface area (Å²) in [6, 6.07) is 0.492. The lowest BCUT2D eigenvalue weighted by Gasteiger charge is -2.02. The minimum atomic E-state index is -2.18. The number of hydrogen-bond acceptors (Lipinski definition) is 7. The van der Waals surface area contributed by atoms with Crippen molar-refractivity contribution in [3.63, 3.8) is 0 Å². The highest BCUT2D eigenvalue weighted by Crippen LogP contribution is 2.29. The molecule has 0 fully saturated rings. The molecule has 0 spiro atoms. The zero-order valence-corrected chi connectivity index (χ0v) is 13.9. The smallest absolute Gasteiger partial charge is 0.339 e. The first-order valence-corrected chi connectivity index (χ1v) is 6.92. The largest absolute Gasteiger partial charge is 0.478 e. The van der Waals surface area contributed by atoms with Gasteiger partial charge in [-0.15, -0.1) is 0 Å². The van der Waals surface area contributed by atoms with Gasteiger partial charge in [0, 0.05) is 12.1 Å². The fourth-order valence-electron chi connectivity index (χ4n) is 1.81. The van der Waals surface area contributed by atoms with E-state index < -0.39 is 79.1 Å². The third-order valence-corrected chi connectivity index (χ3v) is 3.20. The molecule has 16 heteroatoms. The maximum absolute atomic E-state index is 12.9. The van der Waals surface area contributed by atoms with E-state index in [0.717, 1.165) is 0 Å². The molecule has 0 amide bonds. The molecule has 0 aliphatic heterocycles. The number of benzene rings is 2. The highest BCUT2D eigenvalue weighted by Gasteiger charge is 2.28. The molecule has 4 N–H and O–H groups in total. The molecule has 2 aromatic carbocycles. The van der Waals surface area contributed by atoms with Gasteiger partial charge in [0.05, 0.1) is 9.85 Å². The quantitative estimate of drug-likeness (QED) is 0.212. The zero-order chi connectivity index (χ0) is 23.5. The molecule has 0 atom stereocenters. The number of nitrogens with two attached hydrogens (primary N) is 1. The van der Waals surface area contributed by atoms with Crippen LogP contribution in [0.25, 0.3) is 0 Å². The summed E-state index contributed by atoms with van der Waals surface area (Å²) in [5, 5.41) is 37.2. The number of hydrogen-bond donors (Lipinski definition) is 3. The van der Waals surface area contributed by atoms with E-state index in [1.165, 1.54) is 0 Å². The molecule has 0 heterocycles. The van der Waals surface area contributed by atoms with E-state index in [-0.39, 0.29) is 6.07 Å². The number of nitrogen functional groups attached to an aromatic ring is 1. The number of nitro groups is 2. The first kappa shape index (κ1) is 23.7. The lowest BCUT2D eigenvalue weighted by atomic mass is 10.1. The van der Waals surface area contributed by atoms with Crippen LogP contribution < -0.4 is 5.73 Å². The van der Waals surface area contributed by atoms with Crippen LogP contribution in [0.3, 0.4) is 0 Å². The van der Waals surface area contributed by atoms with E-state index in [4.69, 9.17) is 15.9 Å². The van der Waals surface area contributed by atoms with Crippen LogP contribution in [-0.2, 0) is 0 Å². The topological polar surface area (TPSA) is 187 Å². The monoisotopic (exact) mass is 439 g/mol. The molecule has 2 rings (SSSR count). The van der Waals surface area contributed by atoms with Crippen LogP contribution in [0.2, 0.25) is 0 Å². The molecule has 0 radical (unpaired) electrons. The minimum absolute atomic E-state index is 0.121. The number of carboxylic acid groups (broad SMARTS) is 2. The molecule has 0 aliphatic carbocycles. The van der Waals surface area contributed by atoms with Gasteiger partial charge in [0.25, 0.3) is 5.69 Å². The first-order chi connectivity index (χ1) is 13.7. The molecule has 160 valence electrons. The van der Waals surface area contributed by atoms with Gasteiger partial charge in [-0.05, 0) is 0 Å². The van der Waals surface area contributed by atoms with Gasteiger partial charge in [-0.2, -0.15) is 4.39 Å². The summed E-state index contributed by atoms with van der Waals surface area (Å²) < 4.78 is 63.9. The predicted molar refractivity (Wildman–Crippen MR) is 84.3 cm³/mol. The second-order valence-electron chi connectivity index (χ2n) is 4.99. The molecule has 2 aromatic rings. The van der Waals surface area contributed by atoms with Crippen LogP contribution in [0.1, 0.15) is 20.7 Å².